The minimum Gasteiger partial charge on any atom is -0.480 e. The van der Waals surface area contributed by atoms with Crippen LogP contribution in [-0.2, 0) is 17.9 Å². The molecule has 1 aliphatic heterocycles. The summed E-state index contributed by atoms with van der Waals surface area (Å²) < 4.78 is 5.89. The number of hydrogen-bond donors (Lipinski definition) is 1. The Morgan fingerprint density at radius 1 is 1.26 bits per heavy atom. The maximum Gasteiger partial charge on any atom is 0.264 e. The molecular weight excluding hydrogens is 312 g/mol. The number of benzene rings is 2. The van der Waals surface area contributed by atoms with Crippen molar-refractivity contribution >= 4 is 23.2 Å². The van der Waals surface area contributed by atoms with E-state index in [0.717, 1.165) is 16.9 Å². The summed E-state index contributed by atoms with van der Waals surface area (Å²) in [7, 11) is 0. The maximum absolute atomic E-state index is 12.7. The lowest BCUT2D eigenvalue weighted by Gasteiger charge is -2.23. The number of fused-ring (bicyclic) bond motifs is 1. The van der Waals surface area contributed by atoms with Crippen LogP contribution in [0, 0.1) is 0 Å². The lowest BCUT2D eigenvalue weighted by molar-refractivity contribution is -0.139. The quantitative estimate of drug-likeness (QED) is 0.874. The van der Waals surface area contributed by atoms with E-state index in [9.17, 15) is 4.79 Å². The molecule has 4 nitrogen and oxygen atoms in total. The maximum atomic E-state index is 12.7. The predicted octanol–water partition coefficient (Wildman–Crippen LogP) is 3.62. The Labute approximate surface area is 140 Å². The van der Waals surface area contributed by atoms with E-state index in [1.807, 2.05) is 48.2 Å². The second kappa shape index (κ2) is 6.50. The molecule has 5 heteroatoms. The number of rotatable bonds is 3. The average molecular weight is 331 g/mol. The molecule has 2 aromatic carbocycles. The summed E-state index contributed by atoms with van der Waals surface area (Å²) in [4.78, 5) is 14.6. The first-order valence-corrected chi connectivity index (χ1v) is 8.03. The molecule has 1 amide bonds. The normalized spacial score (nSPS) is 17.4. The van der Waals surface area contributed by atoms with E-state index in [1.54, 1.807) is 6.07 Å². The SMILES string of the molecule is CCC1Oc2ccc(N)cc2CN(Cc2ccc(Cl)cc2)C1=O. The highest BCUT2D eigenvalue weighted by atomic mass is 35.5. The zero-order valence-corrected chi connectivity index (χ0v) is 13.7. The second-order valence-electron chi connectivity index (χ2n) is 5.70. The topological polar surface area (TPSA) is 55.6 Å². The molecule has 0 saturated carbocycles. The van der Waals surface area contributed by atoms with Crippen LogP contribution < -0.4 is 10.5 Å². The third-order valence-corrected chi connectivity index (χ3v) is 4.21. The Balaban J connectivity index is 1.91. The number of nitrogens with zero attached hydrogens (tertiary/aromatic N) is 1. The van der Waals surface area contributed by atoms with E-state index in [2.05, 4.69) is 0 Å². The van der Waals surface area contributed by atoms with Crippen LogP contribution in [0.15, 0.2) is 42.5 Å². The lowest BCUT2D eigenvalue weighted by atomic mass is 10.1. The molecule has 0 spiro atoms. The van der Waals surface area contributed by atoms with Gasteiger partial charge in [-0.1, -0.05) is 30.7 Å². The van der Waals surface area contributed by atoms with Crippen LogP contribution in [-0.4, -0.2) is 16.9 Å². The molecule has 0 radical (unpaired) electrons. The molecule has 0 aliphatic carbocycles. The summed E-state index contributed by atoms with van der Waals surface area (Å²) in [6.45, 7) is 2.95. The van der Waals surface area contributed by atoms with Crippen LogP contribution in [0.2, 0.25) is 5.02 Å². The molecule has 2 aromatic rings. The van der Waals surface area contributed by atoms with Crippen molar-refractivity contribution in [2.75, 3.05) is 5.73 Å². The van der Waals surface area contributed by atoms with E-state index in [-0.39, 0.29) is 5.91 Å². The molecule has 1 heterocycles. The van der Waals surface area contributed by atoms with Gasteiger partial charge in [-0.2, -0.15) is 0 Å². The third kappa shape index (κ3) is 3.42. The predicted molar refractivity (Wildman–Crippen MR) is 91.3 cm³/mol. The fourth-order valence-electron chi connectivity index (χ4n) is 2.73. The van der Waals surface area contributed by atoms with Crippen molar-refractivity contribution in [3.63, 3.8) is 0 Å². The van der Waals surface area contributed by atoms with Gasteiger partial charge in [-0.05, 0) is 42.3 Å². The van der Waals surface area contributed by atoms with Gasteiger partial charge in [-0.25, -0.2) is 0 Å². The van der Waals surface area contributed by atoms with Crippen molar-refractivity contribution in [1.82, 2.24) is 4.90 Å². The number of amides is 1. The summed E-state index contributed by atoms with van der Waals surface area (Å²) >= 11 is 5.92. The van der Waals surface area contributed by atoms with Gasteiger partial charge in [0.2, 0.25) is 0 Å². The standard InChI is InChI=1S/C18H19ClN2O2/c1-2-16-18(22)21(10-12-3-5-14(19)6-4-12)11-13-9-15(20)7-8-17(13)23-16/h3-9,16H,2,10-11,20H2,1H3. The number of halogens is 1. The van der Waals surface area contributed by atoms with Crippen LogP contribution in [0.3, 0.4) is 0 Å². The fraction of sp³-hybridized carbons (Fsp3) is 0.278. The summed E-state index contributed by atoms with van der Waals surface area (Å²) in [5, 5.41) is 0.684. The first-order chi connectivity index (χ1) is 11.1. The number of carbonyl (C=O) groups excluding carboxylic acids is 1. The highest BCUT2D eigenvalue weighted by Crippen LogP contribution is 2.29. The summed E-state index contributed by atoms with van der Waals surface area (Å²) in [6.07, 6.45) is 0.159. The Hall–Kier alpha value is -2.20. The van der Waals surface area contributed by atoms with Gasteiger partial charge in [0.05, 0.1) is 0 Å². The number of anilines is 1. The molecule has 0 fully saturated rings. The van der Waals surface area contributed by atoms with Gasteiger partial charge in [-0.15, -0.1) is 0 Å². The Kier molecular flexibility index (Phi) is 4.44. The number of nitrogens with two attached hydrogens (primary N) is 1. The Bertz CT molecular complexity index is 715. The molecule has 0 bridgehead atoms. The largest absolute Gasteiger partial charge is 0.480 e. The molecule has 3 rings (SSSR count). The van der Waals surface area contributed by atoms with Gasteiger partial charge in [0, 0.05) is 29.4 Å². The van der Waals surface area contributed by atoms with E-state index < -0.39 is 6.10 Å². The van der Waals surface area contributed by atoms with Gasteiger partial charge in [0.1, 0.15) is 5.75 Å². The Morgan fingerprint density at radius 2 is 2.00 bits per heavy atom. The molecule has 120 valence electrons. The second-order valence-corrected chi connectivity index (χ2v) is 6.14. The molecular formula is C18H19ClN2O2. The van der Waals surface area contributed by atoms with Crippen molar-refractivity contribution in [2.24, 2.45) is 0 Å². The first kappa shape index (κ1) is 15.7. The minimum absolute atomic E-state index is 0.00257. The molecule has 1 atom stereocenters. The van der Waals surface area contributed by atoms with E-state index in [1.165, 1.54) is 0 Å². The molecule has 2 N–H and O–H groups in total. The number of nitrogen functional groups attached to an aromatic ring is 1. The summed E-state index contributed by atoms with van der Waals surface area (Å²) in [6, 6.07) is 13.0. The monoisotopic (exact) mass is 330 g/mol. The van der Waals surface area contributed by atoms with E-state index in [0.29, 0.717) is 30.2 Å². The van der Waals surface area contributed by atoms with Crippen molar-refractivity contribution < 1.29 is 9.53 Å². The summed E-state index contributed by atoms with van der Waals surface area (Å²) in [5.74, 6) is 0.732. The van der Waals surface area contributed by atoms with Crippen molar-refractivity contribution in [3.05, 3.63) is 58.6 Å². The van der Waals surface area contributed by atoms with Crippen molar-refractivity contribution in [1.29, 1.82) is 0 Å². The highest BCUT2D eigenvalue weighted by Gasteiger charge is 2.29. The number of carbonyl (C=O) groups is 1. The molecule has 0 aromatic heterocycles. The van der Waals surface area contributed by atoms with Crippen LogP contribution in [0.1, 0.15) is 24.5 Å². The zero-order valence-electron chi connectivity index (χ0n) is 13.0. The number of ether oxygens (including phenoxy) is 1. The van der Waals surface area contributed by atoms with Gasteiger partial charge in [0.15, 0.2) is 6.10 Å². The van der Waals surface area contributed by atoms with Gasteiger partial charge in [0.25, 0.3) is 5.91 Å². The zero-order chi connectivity index (χ0) is 16.4. The lowest BCUT2D eigenvalue weighted by Crippen LogP contribution is -2.38. The van der Waals surface area contributed by atoms with Crippen LogP contribution in [0.4, 0.5) is 5.69 Å². The molecule has 23 heavy (non-hydrogen) atoms. The first-order valence-electron chi connectivity index (χ1n) is 7.65. The van der Waals surface area contributed by atoms with Crippen molar-refractivity contribution in [2.45, 2.75) is 32.5 Å². The molecule has 1 unspecified atom stereocenters. The van der Waals surface area contributed by atoms with Gasteiger partial charge >= 0.3 is 0 Å². The van der Waals surface area contributed by atoms with E-state index in [4.69, 9.17) is 22.1 Å². The highest BCUT2D eigenvalue weighted by molar-refractivity contribution is 6.30. The molecule has 1 aliphatic rings. The van der Waals surface area contributed by atoms with Crippen molar-refractivity contribution in [3.8, 4) is 5.75 Å². The smallest absolute Gasteiger partial charge is 0.264 e. The third-order valence-electron chi connectivity index (χ3n) is 3.96. The summed E-state index contributed by atoms with van der Waals surface area (Å²) in [5.41, 5.74) is 8.51. The number of hydrogen-bond acceptors (Lipinski definition) is 3. The molecule has 0 saturated heterocycles. The van der Waals surface area contributed by atoms with Crippen LogP contribution in [0.25, 0.3) is 0 Å². The van der Waals surface area contributed by atoms with Crippen LogP contribution in [0.5, 0.6) is 5.75 Å². The Morgan fingerprint density at radius 3 is 2.70 bits per heavy atom. The van der Waals surface area contributed by atoms with E-state index >= 15 is 0 Å². The van der Waals surface area contributed by atoms with Crippen LogP contribution >= 0.6 is 11.6 Å². The fourth-order valence-corrected chi connectivity index (χ4v) is 2.86. The average Bonchev–Trinajstić information content (AvgIpc) is 2.67. The minimum atomic E-state index is -0.466. The van der Waals surface area contributed by atoms with Gasteiger partial charge < -0.3 is 15.4 Å². The van der Waals surface area contributed by atoms with Gasteiger partial charge in [-0.3, -0.25) is 4.79 Å².